The Morgan fingerprint density at radius 2 is 1.83 bits per heavy atom. The van der Waals surface area contributed by atoms with E-state index in [-0.39, 0.29) is 17.3 Å². The highest BCUT2D eigenvalue weighted by Crippen LogP contribution is 2.49. The second-order valence-electron chi connectivity index (χ2n) is 17.1. The molecule has 8 rings (SSSR count). The molecule has 1 amide bonds. The topological polar surface area (TPSA) is 91.4 Å². The number of benzene rings is 2. The van der Waals surface area contributed by atoms with Gasteiger partial charge in [-0.3, -0.25) is 14.6 Å². The third-order valence-electron chi connectivity index (χ3n) is 14.1. The van der Waals surface area contributed by atoms with Gasteiger partial charge < -0.3 is 14.4 Å². The fraction of sp³-hybridized carbons (Fsp3) is 0.643. The van der Waals surface area contributed by atoms with E-state index in [2.05, 4.69) is 43.7 Å². The van der Waals surface area contributed by atoms with Crippen LogP contribution in [0.4, 0.5) is 5.69 Å². The van der Waals surface area contributed by atoms with Crippen LogP contribution in [-0.2, 0) is 26.6 Å². The summed E-state index contributed by atoms with van der Waals surface area (Å²) >= 11 is 6.51. The number of sulfonamides is 1. The Balaban J connectivity index is 1.17. The fourth-order valence-corrected chi connectivity index (χ4v) is 11.7. The molecule has 11 heteroatoms. The molecule has 3 aliphatic heterocycles. The van der Waals surface area contributed by atoms with Crippen molar-refractivity contribution >= 4 is 33.2 Å². The summed E-state index contributed by atoms with van der Waals surface area (Å²) in [5, 5.41) is -0.0129. The number of aryl methyl sites for hydroxylation is 1. The Morgan fingerprint density at radius 3 is 2.55 bits per heavy atom. The van der Waals surface area contributed by atoms with Crippen LogP contribution >= 0.6 is 11.6 Å². The molecule has 2 saturated carbocycles. The van der Waals surface area contributed by atoms with Crippen molar-refractivity contribution in [3.8, 4) is 5.75 Å². The van der Waals surface area contributed by atoms with Gasteiger partial charge in [-0.2, -0.15) is 0 Å². The molecule has 2 bridgehead atoms. The Kier molecular flexibility index (Phi) is 10.4. The van der Waals surface area contributed by atoms with Crippen molar-refractivity contribution < 1.29 is 22.7 Å². The Bertz CT molecular complexity index is 1830. The van der Waals surface area contributed by atoms with Gasteiger partial charge in [0.25, 0.3) is 5.91 Å². The number of hydrogen-bond acceptors (Lipinski definition) is 8. The van der Waals surface area contributed by atoms with E-state index >= 15 is 0 Å². The number of nitrogens with one attached hydrogen (secondary N) is 1. The van der Waals surface area contributed by atoms with Crippen LogP contribution in [0.3, 0.4) is 0 Å². The molecule has 288 valence electrons. The number of piperazine rings is 1. The molecule has 9 nitrogen and oxygen atoms in total. The molecule has 0 radical (unpaired) electrons. The average Bonchev–Trinajstić information content (AvgIpc) is 3.25. The second-order valence-corrected chi connectivity index (χ2v) is 19.6. The normalized spacial score (nSPS) is 34.4. The van der Waals surface area contributed by atoms with Crippen LogP contribution in [0.1, 0.15) is 86.7 Å². The van der Waals surface area contributed by atoms with E-state index in [4.69, 9.17) is 21.1 Å². The molecule has 0 aromatic heterocycles. The summed E-state index contributed by atoms with van der Waals surface area (Å²) in [4.78, 5) is 21.4. The standard InChI is InChI=1S/C42H57ClN4O5S/c1-29-7-5-18-42(51-3,27-45-19-21-46(22-20-45)35-9-4-10-35)37-14-11-33(37)25-47-26-41(17-6-8-31-23-34(43)13-15-36(31)41)28-52-39-16-12-32(24-38(39)47)40(48)44-53(49,50)30(29)2/h5,12-13,15-16,18,23-24,29-30,33,35,37H,4,6-11,14,17,19-22,25-28H2,1-3H3,(H,44,48)/b18-5+/t29-,30+,33-,37+,41-,42+/m0/s1. The molecule has 2 aromatic rings. The van der Waals surface area contributed by atoms with Crippen molar-refractivity contribution in [2.45, 2.75) is 93.9 Å². The number of amides is 1. The highest BCUT2D eigenvalue weighted by atomic mass is 35.5. The Hall–Kier alpha value is -2.63. The lowest BCUT2D eigenvalue weighted by molar-refractivity contribution is -0.0972. The van der Waals surface area contributed by atoms with Crippen LogP contribution in [0.2, 0.25) is 5.02 Å². The van der Waals surface area contributed by atoms with Crippen LogP contribution < -0.4 is 14.4 Å². The van der Waals surface area contributed by atoms with Gasteiger partial charge in [0.1, 0.15) is 11.4 Å². The third kappa shape index (κ3) is 7.16. The number of methoxy groups -OCH3 is 1. The highest BCUT2D eigenvalue weighted by molar-refractivity contribution is 7.90. The van der Waals surface area contributed by atoms with Gasteiger partial charge in [-0.25, -0.2) is 13.1 Å². The molecule has 3 aliphatic carbocycles. The summed E-state index contributed by atoms with van der Waals surface area (Å²) < 4.78 is 43.1. The first-order chi connectivity index (χ1) is 25.5. The van der Waals surface area contributed by atoms with Gasteiger partial charge in [-0.15, -0.1) is 0 Å². The van der Waals surface area contributed by atoms with Crippen molar-refractivity contribution in [2.24, 2.45) is 17.8 Å². The van der Waals surface area contributed by atoms with Crippen molar-refractivity contribution in [3.05, 3.63) is 70.3 Å². The van der Waals surface area contributed by atoms with Crippen molar-refractivity contribution in [1.29, 1.82) is 0 Å². The highest BCUT2D eigenvalue weighted by Gasteiger charge is 2.50. The zero-order valence-corrected chi connectivity index (χ0v) is 33.3. The molecule has 6 aliphatic rings. The minimum Gasteiger partial charge on any atom is -0.490 e. The lowest BCUT2D eigenvalue weighted by atomic mass is 9.63. The molecule has 1 spiro atoms. The van der Waals surface area contributed by atoms with E-state index in [1.165, 1.54) is 30.4 Å². The molecule has 1 saturated heterocycles. The van der Waals surface area contributed by atoms with E-state index in [9.17, 15) is 13.2 Å². The number of ether oxygens (including phenoxy) is 2. The lowest BCUT2D eigenvalue weighted by Gasteiger charge is -2.52. The Labute approximate surface area is 321 Å². The molecule has 1 N–H and O–H groups in total. The first-order valence-corrected chi connectivity index (χ1v) is 22.0. The molecule has 0 unspecified atom stereocenters. The fourth-order valence-electron chi connectivity index (χ4n) is 10.2. The molecular weight excluding hydrogens is 708 g/mol. The van der Waals surface area contributed by atoms with Gasteiger partial charge in [-0.05, 0) is 118 Å². The second kappa shape index (κ2) is 14.8. The van der Waals surface area contributed by atoms with Gasteiger partial charge in [0.2, 0.25) is 10.0 Å². The molecular formula is C42H57ClN4O5S. The number of carbonyl (C=O) groups is 1. The zero-order valence-electron chi connectivity index (χ0n) is 31.7. The number of hydrogen-bond donors (Lipinski definition) is 1. The largest absolute Gasteiger partial charge is 0.490 e. The number of rotatable bonds is 4. The van der Waals surface area contributed by atoms with Gasteiger partial charge in [0.15, 0.2) is 0 Å². The summed E-state index contributed by atoms with van der Waals surface area (Å²) in [6.07, 6.45) is 14.2. The maximum Gasteiger partial charge on any atom is 0.264 e. The van der Waals surface area contributed by atoms with Crippen LogP contribution in [0.15, 0.2) is 48.6 Å². The van der Waals surface area contributed by atoms with Crippen LogP contribution in [-0.4, -0.2) is 101 Å². The lowest BCUT2D eigenvalue weighted by Crippen LogP contribution is -2.60. The van der Waals surface area contributed by atoms with Gasteiger partial charge in [-0.1, -0.05) is 43.2 Å². The number of anilines is 1. The average molecular weight is 765 g/mol. The quantitative estimate of drug-likeness (QED) is 0.356. The number of allylic oxidation sites excluding steroid dienone is 1. The summed E-state index contributed by atoms with van der Waals surface area (Å²) in [5.41, 5.74) is 2.97. The van der Waals surface area contributed by atoms with E-state index in [1.807, 2.05) is 32.2 Å². The maximum atomic E-state index is 13.7. The van der Waals surface area contributed by atoms with E-state index in [0.29, 0.717) is 24.5 Å². The molecule has 3 heterocycles. The summed E-state index contributed by atoms with van der Waals surface area (Å²) in [6, 6.07) is 12.5. The number of nitrogens with zero attached hydrogens (tertiary/aromatic N) is 3. The summed E-state index contributed by atoms with van der Waals surface area (Å²) in [6.45, 7) is 10.8. The van der Waals surface area contributed by atoms with Gasteiger partial charge in [0.05, 0.1) is 17.5 Å². The van der Waals surface area contributed by atoms with Crippen molar-refractivity contribution in [3.63, 3.8) is 0 Å². The smallest absolute Gasteiger partial charge is 0.264 e. The van der Waals surface area contributed by atoms with Gasteiger partial charge in [0, 0.05) is 75.0 Å². The van der Waals surface area contributed by atoms with E-state index in [0.717, 1.165) is 100 Å². The monoisotopic (exact) mass is 764 g/mol. The van der Waals surface area contributed by atoms with Gasteiger partial charge >= 0.3 is 0 Å². The van der Waals surface area contributed by atoms with E-state index < -0.39 is 26.8 Å². The number of carbonyl (C=O) groups excluding carboxylic acids is 1. The van der Waals surface area contributed by atoms with Crippen molar-refractivity contribution in [1.82, 2.24) is 14.5 Å². The molecule has 6 atom stereocenters. The maximum absolute atomic E-state index is 13.7. The minimum absolute atomic E-state index is 0.206. The zero-order chi connectivity index (χ0) is 37.0. The van der Waals surface area contributed by atoms with E-state index in [1.54, 1.807) is 13.0 Å². The predicted octanol–water partition coefficient (Wildman–Crippen LogP) is 6.44. The van der Waals surface area contributed by atoms with Crippen LogP contribution in [0, 0.1) is 17.8 Å². The first-order valence-electron chi connectivity index (χ1n) is 20.1. The van der Waals surface area contributed by atoms with Crippen LogP contribution in [0.25, 0.3) is 0 Å². The molecule has 2 aromatic carbocycles. The minimum atomic E-state index is -3.95. The SMILES string of the molecule is CO[C@@]1(CN2CCN(C3CCC3)CC2)/C=C/C[C@H](C)[C@@H](C)S(=O)(=O)NC(=O)c2ccc3c(c2)N(C[C@@H]2CC[C@H]21)C[C@@]1(CCCc2cc(Cl)ccc21)CO3. The first kappa shape index (κ1) is 37.3. The molecule has 3 fully saturated rings. The third-order valence-corrected chi connectivity index (χ3v) is 16.2. The number of halogens is 1. The molecule has 53 heavy (non-hydrogen) atoms. The van der Waals surface area contributed by atoms with Crippen molar-refractivity contribution in [2.75, 3.05) is 64.4 Å². The Morgan fingerprint density at radius 1 is 1.02 bits per heavy atom. The predicted molar refractivity (Wildman–Crippen MR) is 211 cm³/mol. The summed E-state index contributed by atoms with van der Waals surface area (Å²) in [7, 11) is -2.08. The number of fused-ring (bicyclic) bond motifs is 4. The summed E-state index contributed by atoms with van der Waals surface area (Å²) in [5.74, 6) is 0.550. The van der Waals surface area contributed by atoms with Crippen LogP contribution in [0.5, 0.6) is 5.75 Å².